The number of hydrogen-bond acceptors (Lipinski definition) is 7. The van der Waals surface area contributed by atoms with Crippen molar-refractivity contribution in [3.63, 3.8) is 0 Å². The lowest BCUT2D eigenvalue weighted by atomic mass is 10.1. The SMILES string of the molecule is NC(=O)c1nc[nH]c1CC(=O)c1cc(NCc2ccc(F)cc2F)nc(-c2cncc(C(F)(F)F)c2)n1. The van der Waals surface area contributed by atoms with Gasteiger partial charge in [-0.3, -0.25) is 14.6 Å². The maximum atomic E-state index is 14.0. The number of nitrogens with two attached hydrogens (primary N) is 1. The molecule has 0 aliphatic carbocycles. The van der Waals surface area contributed by atoms with Gasteiger partial charge >= 0.3 is 6.18 Å². The zero-order chi connectivity index (χ0) is 26.7. The highest BCUT2D eigenvalue weighted by Gasteiger charge is 2.31. The van der Waals surface area contributed by atoms with E-state index >= 15 is 0 Å². The maximum absolute atomic E-state index is 14.0. The van der Waals surface area contributed by atoms with Crippen molar-refractivity contribution in [2.45, 2.75) is 19.1 Å². The molecule has 4 aromatic rings. The summed E-state index contributed by atoms with van der Waals surface area (Å²) < 4.78 is 66.9. The number of halogens is 5. The van der Waals surface area contributed by atoms with Gasteiger partial charge in [-0.15, -0.1) is 0 Å². The van der Waals surface area contributed by atoms with Crippen molar-refractivity contribution in [2.75, 3.05) is 5.32 Å². The first-order valence-electron chi connectivity index (χ1n) is 10.5. The highest BCUT2D eigenvalue weighted by Crippen LogP contribution is 2.31. The summed E-state index contributed by atoms with van der Waals surface area (Å²) in [5.41, 5.74) is 3.84. The lowest BCUT2D eigenvalue weighted by molar-refractivity contribution is -0.137. The van der Waals surface area contributed by atoms with Gasteiger partial charge in [-0.05, 0) is 12.1 Å². The smallest absolute Gasteiger partial charge is 0.366 e. The van der Waals surface area contributed by atoms with Gasteiger partial charge in [0.05, 0.1) is 24.0 Å². The van der Waals surface area contributed by atoms with Crippen LogP contribution in [0.3, 0.4) is 0 Å². The number of pyridine rings is 1. The van der Waals surface area contributed by atoms with Gasteiger partial charge in [0.15, 0.2) is 11.6 Å². The lowest BCUT2D eigenvalue weighted by Crippen LogP contribution is -2.17. The first kappa shape index (κ1) is 25.3. The fourth-order valence-corrected chi connectivity index (χ4v) is 3.30. The number of hydrogen-bond donors (Lipinski definition) is 3. The van der Waals surface area contributed by atoms with Gasteiger partial charge < -0.3 is 16.0 Å². The third-order valence-corrected chi connectivity index (χ3v) is 5.10. The number of anilines is 1. The monoisotopic (exact) mass is 517 g/mol. The first-order chi connectivity index (χ1) is 17.5. The summed E-state index contributed by atoms with van der Waals surface area (Å²) in [4.78, 5) is 42.7. The number of carbonyl (C=O) groups is 2. The normalized spacial score (nSPS) is 11.4. The van der Waals surface area contributed by atoms with Crippen LogP contribution in [-0.4, -0.2) is 36.6 Å². The molecule has 0 saturated carbocycles. The highest BCUT2D eigenvalue weighted by molar-refractivity contribution is 5.99. The van der Waals surface area contributed by atoms with E-state index in [1.165, 1.54) is 18.5 Å². The van der Waals surface area contributed by atoms with E-state index < -0.39 is 35.1 Å². The van der Waals surface area contributed by atoms with E-state index in [4.69, 9.17) is 5.73 Å². The minimum absolute atomic E-state index is 0.0331. The Morgan fingerprint density at radius 2 is 1.84 bits per heavy atom. The number of aromatic nitrogens is 5. The van der Waals surface area contributed by atoms with Gasteiger partial charge in [0.25, 0.3) is 5.91 Å². The van der Waals surface area contributed by atoms with Crippen LogP contribution in [0.25, 0.3) is 11.4 Å². The first-order valence-corrected chi connectivity index (χ1v) is 10.5. The molecule has 0 aliphatic heterocycles. The van der Waals surface area contributed by atoms with Crippen molar-refractivity contribution in [2.24, 2.45) is 5.73 Å². The summed E-state index contributed by atoms with van der Waals surface area (Å²) in [6.45, 7) is -0.191. The van der Waals surface area contributed by atoms with Gasteiger partial charge in [0.1, 0.15) is 28.8 Å². The molecule has 0 bridgehead atoms. The molecule has 3 aromatic heterocycles. The van der Waals surface area contributed by atoms with E-state index in [0.717, 1.165) is 18.3 Å². The topological polar surface area (TPSA) is 140 Å². The molecule has 0 spiro atoms. The average molecular weight is 517 g/mol. The molecule has 0 radical (unpaired) electrons. The number of H-pyrrole nitrogens is 1. The zero-order valence-electron chi connectivity index (χ0n) is 18.6. The Morgan fingerprint density at radius 1 is 1.05 bits per heavy atom. The van der Waals surface area contributed by atoms with E-state index in [2.05, 4.69) is 30.2 Å². The lowest BCUT2D eigenvalue weighted by Gasteiger charge is -2.12. The summed E-state index contributed by atoms with van der Waals surface area (Å²) in [6, 6.07) is 4.91. The Labute approximate surface area is 205 Å². The van der Waals surface area contributed by atoms with Crippen LogP contribution in [0.5, 0.6) is 0 Å². The van der Waals surface area contributed by atoms with E-state index in [1.807, 2.05) is 0 Å². The number of alkyl halides is 3. The van der Waals surface area contributed by atoms with Crippen LogP contribution in [0.4, 0.5) is 27.8 Å². The van der Waals surface area contributed by atoms with Gasteiger partial charge in [-0.2, -0.15) is 13.2 Å². The minimum Gasteiger partial charge on any atom is -0.366 e. The van der Waals surface area contributed by atoms with Crippen molar-refractivity contribution < 1.29 is 31.5 Å². The molecular weight excluding hydrogens is 501 g/mol. The van der Waals surface area contributed by atoms with Gasteiger partial charge in [-0.1, -0.05) is 6.07 Å². The number of imidazole rings is 1. The fraction of sp³-hybridized carbons (Fsp3) is 0.130. The fourth-order valence-electron chi connectivity index (χ4n) is 3.30. The molecule has 190 valence electrons. The number of primary amides is 1. The van der Waals surface area contributed by atoms with Crippen molar-refractivity contribution in [3.05, 3.63) is 88.9 Å². The van der Waals surface area contributed by atoms with Crippen LogP contribution in [0.1, 0.15) is 37.8 Å². The largest absolute Gasteiger partial charge is 0.417 e. The number of rotatable bonds is 8. The second-order valence-electron chi connectivity index (χ2n) is 7.71. The Hall–Kier alpha value is -4.75. The maximum Gasteiger partial charge on any atom is 0.417 e. The third kappa shape index (κ3) is 5.91. The predicted octanol–water partition coefficient (Wildman–Crippen LogP) is 3.70. The Bertz CT molecular complexity index is 1490. The van der Waals surface area contributed by atoms with Crippen molar-refractivity contribution in [1.82, 2.24) is 24.9 Å². The molecular formula is C23H16F5N7O2. The molecule has 0 saturated heterocycles. The Balaban J connectivity index is 1.71. The van der Waals surface area contributed by atoms with Crippen LogP contribution < -0.4 is 11.1 Å². The summed E-state index contributed by atoms with van der Waals surface area (Å²) in [5.74, 6) is -3.43. The molecule has 1 aromatic carbocycles. The van der Waals surface area contributed by atoms with E-state index in [1.54, 1.807) is 0 Å². The van der Waals surface area contributed by atoms with Gasteiger partial charge in [0.2, 0.25) is 0 Å². The highest BCUT2D eigenvalue weighted by atomic mass is 19.4. The molecule has 4 rings (SSSR count). The second-order valence-corrected chi connectivity index (χ2v) is 7.71. The number of ketones is 1. The minimum atomic E-state index is -4.69. The molecule has 0 atom stereocenters. The summed E-state index contributed by atoms with van der Waals surface area (Å²) >= 11 is 0. The van der Waals surface area contributed by atoms with Crippen molar-refractivity contribution in [3.8, 4) is 11.4 Å². The predicted molar refractivity (Wildman–Crippen MR) is 119 cm³/mol. The molecule has 0 aliphatic rings. The molecule has 14 heteroatoms. The number of benzene rings is 1. The molecule has 1 amide bonds. The number of amides is 1. The molecule has 3 heterocycles. The molecule has 0 unspecified atom stereocenters. The summed E-state index contributed by atoms with van der Waals surface area (Å²) in [6.07, 6.45) is -2.20. The quantitative estimate of drug-likeness (QED) is 0.239. The Kier molecular flexibility index (Phi) is 6.91. The summed E-state index contributed by atoms with van der Waals surface area (Å²) in [5, 5.41) is 2.76. The molecule has 4 N–H and O–H groups in total. The second kappa shape index (κ2) is 10.1. The third-order valence-electron chi connectivity index (χ3n) is 5.10. The molecule has 9 nitrogen and oxygen atoms in total. The standard InChI is InChI=1S/C23H16F5N7O2/c24-14-2-1-11(15(25)4-14)8-31-19-6-16(18(36)5-17-20(21(29)37)33-10-32-17)34-22(35-19)12-3-13(9-30-7-12)23(26,27)28/h1-4,6-7,9-10H,5,8H2,(H2,29,37)(H,32,33)(H,31,34,35). The van der Waals surface area contributed by atoms with E-state index in [0.29, 0.717) is 12.3 Å². The number of nitrogens with one attached hydrogen (secondary N) is 2. The van der Waals surface area contributed by atoms with Gasteiger partial charge in [-0.25, -0.2) is 23.7 Å². The molecule has 37 heavy (non-hydrogen) atoms. The van der Waals surface area contributed by atoms with Crippen LogP contribution in [0, 0.1) is 11.6 Å². The number of Topliss-reactive ketones (excluding diaryl/α,β-unsaturated/α-hetero) is 1. The summed E-state index contributed by atoms with van der Waals surface area (Å²) in [7, 11) is 0. The van der Waals surface area contributed by atoms with E-state index in [9.17, 15) is 31.5 Å². The number of nitrogens with zero attached hydrogens (tertiary/aromatic N) is 4. The van der Waals surface area contributed by atoms with Crippen LogP contribution in [0.15, 0.2) is 49.1 Å². The zero-order valence-corrected chi connectivity index (χ0v) is 18.6. The van der Waals surface area contributed by atoms with Gasteiger partial charge in [0, 0.05) is 42.2 Å². The number of carbonyl (C=O) groups excluding carboxylic acids is 2. The van der Waals surface area contributed by atoms with E-state index in [-0.39, 0.29) is 52.8 Å². The average Bonchev–Trinajstić information content (AvgIpc) is 3.31. The Morgan fingerprint density at radius 3 is 2.54 bits per heavy atom. The van der Waals surface area contributed by atoms with Crippen molar-refractivity contribution >= 4 is 17.5 Å². The van der Waals surface area contributed by atoms with Crippen LogP contribution in [0.2, 0.25) is 0 Å². The van der Waals surface area contributed by atoms with Crippen LogP contribution in [-0.2, 0) is 19.1 Å². The van der Waals surface area contributed by atoms with Crippen LogP contribution >= 0.6 is 0 Å². The number of aromatic amines is 1. The van der Waals surface area contributed by atoms with Crippen molar-refractivity contribution in [1.29, 1.82) is 0 Å². The molecule has 0 fully saturated rings.